The minimum atomic E-state index is -0.0189. The standard InChI is InChI=1S/C12H20N2O3/c1-14(2)7-4-9-17-12-11(16-10-8-15)5-3-6-13-12/h3,5-6,15H,4,7-10H2,1-2H3. The quantitative estimate of drug-likeness (QED) is 0.681. The largest absolute Gasteiger partial charge is 0.486 e. The number of pyridine rings is 1. The highest BCUT2D eigenvalue weighted by molar-refractivity contribution is 5.32. The normalized spacial score (nSPS) is 10.6. The van der Waals surface area contributed by atoms with Crippen LogP contribution in [0.1, 0.15) is 6.42 Å². The van der Waals surface area contributed by atoms with E-state index in [9.17, 15) is 0 Å². The molecule has 0 bridgehead atoms. The van der Waals surface area contributed by atoms with Gasteiger partial charge in [0.2, 0.25) is 0 Å². The molecule has 5 heteroatoms. The predicted molar refractivity (Wildman–Crippen MR) is 65.5 cm³/mol. The van der Waals surface area contributed by atoms with Crippen molar-refractivity contribution in [1.29, 1.82) is 0 Å². The van der Waals surface area contributed by atoms with Crippen LogP contribution in [-0.2, 0) is 0 Å². The monoisotopic (exact) mass is 240 g/mol. The fourth-order valence-corrected chi connectivity index (χ4v) is 1.30. The molecule has 0 spiro atoms. The van der Waals surface area contributed by atoms with Crippen molar-refractivity contribution in [3.05, 3.63) is 18.3 Å². The Hall–Kier alpha value is -1.33. The van der Waals surface area contributed by atoms with Crippen LogP contribution in [0.5, 0.6) is 11.6 Å². The van der Waals surface area contributed by atoms with Gasteiger partial charge in [-0.15, -0.1) is 0 Å². The summed E-state index contributed by atoms with van der Waals surface area (Å²) in [6, 6.07) is 3.56. The van der Waals surface area contributed by atoms with Gasteiger partial charge in [-0.2, -0.15) is 0 Å². The van der Waals surface area contributed by atoms with E-state index in [1.54, 1.807) is 18.3 Å². The molecule has 5 nitrogen and oxygen atoms in total. The van der Waals surface area contributed by atoms with E-state index >= 15 is 0 Å². The van der Waals surface area contributed by atoms with E-state index < -0.39 is 0 Å². The smallest absolute Gasteiger partial charge is 0.256 e. The van der Waals surface area contributed by atoms with E-state index in [-0.39, 0.29) is 13.2 Å². The first-order valence-corrected chi connectivity index (χ1v) is 5.70. The van der Waals surface area contributed by atoms with Gasteiger partial charge in [0.15, 0.2) is 5.75 Å². The molecule has 0 aromatic carbocycles. The Labute approximate surface area is 102 Å². The summed E-state index contributed by atoms with van der Waals surface area (Å²) in [6.45, 7) is 1.80. The zero-order valence-electron chi connectivity index (χ0n) is 10.4. The summed E-state index contributed by atoms with van der Waals surface area (Å²) in [7, 11) is 4.05. The van der Waals surface area contributed by atoms with Gasteiger partial charge in [0, 0.05) is 12.7 Å². The Bertz CT molecular complexity index is 318. The van der Waals surface area contributed by atoms with Crippen molar-refractivity contribution in [2.45, 2.75) is 6.42 Å². The summed E-state index contributed by atoms with van der Waals surface area (Å²) < 4.78 is 10.9. The highest BCUT2D eigenvalue weighted by Crippen LogP contribution is 2.23. The maximum Gasteiger partial charge on any atom is 0.256 e. The number of nitrogens with zero attached hydrogens (tertiary/aromatic N) is 2. The number of aromatic nitrogens is 1. The lowest BCUT2D eigenvalue weighted by molar-refractivity contribution is 0.190. The molecule has 0 atom stereocenters. The lowest BCUT2D eigenvalue weighted by Crippen LogP contribution is -2.16. The molecule has 1 aromatic heterocycles. The molecule has 0 radical (unpaired) electrons. The third-order valence-electron chi connectivity index (χ3n) is 2.07. The first-order chi connectivity index (χ1) is 8.24. The molecule has 1 aromatic rings. The molecule has 0 saturated heterocycles. The molecule has 0 saturated carbocycles. The number of aliphatic hydroxyl groups excluding tert-OH is 1. The second kappa shape index (κ2) is 7.86. The van der Waals surface area contributed by atoms with Crippen LogP contribution in [0, 0.1) is 0 Å². The summed E-state index contributed by atoms with van der Waals surface area (Å²) in [5, 5.41) is 8.70. The van der Waals surface area contributed by atoms with E-state index in [1.807, 2.05) is 14.1 Å². The van der Waals surface area contributed by atoms with Gasteiger partial charge in [-0.1, -0.05) is 0 Å². The van der Waals surface area contributed by atoms with E-state index in [0.717, 1.165) is 13.0 Å². The van der Waals surface area contributed by atoms with Crippen LogP contribution >= 0.6 is 0 Å². The Morgan fingerprint density at radius 3 is 2.82 bits per heavy atom. The van der Waals surface area contributed by atoms with Gasteiger partial charge in [-0.05, 0) is 32.6 Å². The van der Waals surface area contributed by atoms with Gasteiger partial charge in [0.05, 0.1) is 13.2 Å². The Kier molecular flexibility index (Phi) is 6.35. The topological polar surface area (TPSA) is 54.8 Å². The van der Waals surface area contributed by atoms with Gasteiger partial charge in [0.25, 0.3) is 5.88 Å². The molecule has 1 rings (SSSR count). The third-order valence-corrected chi connectivity index (χ3v) is 2.07. The highest BCUT2D eigenvalue weighted by atomic mass is 16.5. The second-order valence-corrected chi connectivity index (χ2v) is 3.88. The molecule has 1 N–H and O–H groups in total. The number of hydrogen-bond donors (Lipinski definition) is 1. The lowest BCUT2D eigenvalue weighted by atomic mass is 10.4. The fourth-order valence-electron chi connectivity index (χ4n) is 1.30. The van der Waals surface area contributed by atoms with Gasteiger partial charge in [0.1, 0.15) is 6.61 Å². The Balaban J connectivity index is 2.40. The summed E-state index contributed by atoms with van der Waals surface area (Å²) in [4.78, 5) is 6.21. The second-order valence-electron chi connectivity index (χ2n) is 3.88. The van der Waals surface area contributed by atoms with Crippen LogP contribution in [-0.4, -0.2) is 55.5 Å². The van der Waals surface area contributed by atoms with Gasteiger partial charge >= 0.3 is 0 Å². The summed E-state index contributed by atoms with van der Waals surface area (Å²) in [5.74, 6) is 1.06. The van der Waals surface area contributed by atoms with Gasteiger partial charge in [-0.25, -0.2) is 4.98 Å². The number of ether oxygens (including phenoxy) is 2. The lowest BCUT2D eigenvalue weighted by Gasteiger charge is -2.12. The molecule has 17 heavy (non-hydrogen) atoms. The van der Waals surface area contributed by atoms with E-state index in [2.05, 4.69) is 9.88 Å². The highest BCUT2D eigenvalue weighted by Gasteiger charge is 2.05. The van der Waals surface area contributed by atoms with Crippen LogP contribution in [0.25, 0.3) is 0 Å². The summed E-state index contributed by atoms with van der Waals surface area (Å²) in [5.41, 5.74) is 0. The number of hydrogen-bond acceptors (Lipinski definition) is 5. The van der Waals surface area contributed by atoms with Crippen LogP contribution in [0.2, 0.25) is 0 Å². The molecular formula is C12H20N2O3. The zero-order valence-corrected chi connectivity index (χ0v) is 10.4. The van der Waals surface area contributed by atoms with E-state index in [4.69, 9.17) is 14.6 Å². The minimum absolute atomic E-state index is 0.0189. The fraction of sp³-hybridized carbons (Fsp3) is 0.583. The first kappa shape index (κ1) is 13.7. The summed E-state index contributed by atoms with van der Waals surface area (Å²) in [6.07, 6.45) is 2.59. The van der Waals surface area contributed by atoms with Crippen molar-refractivity contribution >= 4 is 0 Å². The first-order valence-electron chi connectivity index (χ1n) is 5.70. The maximum atomic E-state index is 8.70. The third kappa shape index (κ3) is 5.51. The van der Waals surface area contributed by atoms with Crippen LogP contribution in [0.4, 0.5) is 0 Å². The van der Waals surface area contributed by atoms with Gasteiger partial charge in [-0.3, -0.25) is 0 Å². The molecule has 96 valence electrons. The average molecular weight is 240 g/mol. The van der Waals surface area contributed by atoms with Crippen molar-refractivity contribution in [1.82, 2.24) is 9.88 Å². The van der Waals surface area contributed by atoms with Crippen LogP contribution in [0.15, 0.2) is 18.3 Å². The van der Waals surface area contributed by atoms with Crippen molar-refractivity contribution in [2.24, 2.45) is 0 Å². The zero-order chi connectivity index (χ0) is 12.5. The molecule has 1 heterocycles. The predicted octanol–water partition coefficient (Wildman–Crippen LogP) is 0.783. The number of aliphatic hydroxyl groups is 1. The molecule has 0 amide bonds. The maximum absolute atomic E-state index is 8.70. The minimum Gasteiger partial charge on any atom is -0.486 e. The van der Waals surface area contributed by atoms with E-state index in [1.165, 1.54) is 0 Å². The average Bonchev–Trinajstić information content (AvgIpc) is 2.33. The molecule has 0 aliphatic heterocycles. The van der Waals surface area contributed by atoms with Crippen molar-refractivity contribution in [3.8, 4) is 11.6 Å². The SMILES string of the molecule is CN(C)CCCOc1ncccc1OCCO. The van der Waals surface area contributed by atoms with Crippen molar-refractivity contribution < 1.29 is 14.6 Å². The van der Waals surface area contributed by atoms with Crippen molar-refractivity contribution in [3.63, 3.8) is 0 Å². The molecule has 0 fully saturated rings. The Morgan fingerprint density at radius 2 is 2.12 bits per heavy atom. The molecular weight excluding hydrogens is 220 g/mol. The number of rotatable bonds is 8. The molecule has 0 unspecified atom stereocenters. The molecule has 0 aliphatic carbocycles. The van der Waals surface area contributed by atoms with Gasteiger partial charge < -0.3 is 19.5 Å². The van der Waals surface area contributed by atoms with Crippen LogP contribution in [0.3, 0.4) is 0 Å². The van der Waals surface area contributed by atoms with E-state index in [0.29, 0.717) is 18.2 Å². The summed E-state index contributed by atoms with van der Waals surface area (Å²) >= 11 is 0. The van der Waals surface area contributed by atoms with Crippen LogP contribution < -0.4 is 9.47 Å². The Morgan fingerprint density at radius 1 is 1.29 bits per heavy atom. The molecule has 0 aliphatic rings. The van der Waals surface area contributed by atoms with Crippen molar-refractivity contribution in [2.75, 3.05) is 40.5 Å².